The van der Waals surface area contributed by atoms with Gasteiger partial charge in [-0.25, -0.2) is 0 Å². The Morgan fingerprint density at radius 2 is 0.800 bits per heavy atom. The van der Waals surface area contributed by atoms with Gasteiger partial charge in [-0.05, 0) is 12.8 Å². The maximum absolute atomic E-state index is 12.2. The Labute approximate surface area is 258 Å². The van der Waals surface area contributed by atoms with E-state index in [2.05, 4.69) is 29.8 Å². The number of esters is 2. The third kappa shape index (κ3) is 30.4. The minimum atomic E-state index is -0.523. The average molecular weight is 631 g/mol. The maximum atomic E-state index is 12.2. The van der Waals surface area contributed by atoms with Crippen molar-refractivity contribution in [2.75, 3.05) is 6.61 Å². The topological polar surface area (TPSA) is 52.6 Å². The van der Waals surface area contributed by atoms with Crippen molar-refractivity contribution < 1.29 is 19.1 Å². The molecule has 40 heavy (non-hydrogen) atoms. The van der Waals surface area contributed by atoms with Gasteiger partial charge in [0.2, 0.25) is 0 Å². The standard InChI is InChI=1S/C35H66BrO4/c1-3-5-7-9-11-13-15-17-19-21-23-25-27-29-34(37)39-32-33(31-36)40-35(38)30-28-26-24-22-20-18-16-14-12-10-8-6-4-2/h31,33H,3-30,32H2,1-2H3. The zero-order valence-corrected chi connectivity index (χ0v) is 28.3. The van der Waals surface area contributed by atoms with Crippen LogP contribution < -0.4 is 0 Å². The number of carbonyl (C=O) groups is 2. The molecule has 0 amide bonds. The van der Waals surface area contributed by atoms with Crippen molar-refractivity contribution >= 4 is 27.9 Å². The second kappa shape index (κ2) is 32.9. The zero-order valence-electron chi connectivity index (χ0n) is 26.7. The van der Waals surface area contributed by atoms with E-state index in [9.17, 15) is 9.59 Å². The normalized spacial score (nSPS) is 12.0. The molecule has 0 rings (SSSR count). The number of halogens is 1. The van der Waals surface area contributed by atoms with Crippen molar-refractivity contribution in [1.82, 2.24) is 0 Å². The van der Waals surface area contributed by atoms with E-state index >= 15 is 0 Å². The van der Waals surface area contributed by atoms with Gasteiger partial charge in [0.15, 0.2) is 0 Å². The van der Waals surface area contributed by atoms with Crippen LogP contribution in [-0.2, 0) is 19.1 Å². The van der Waals surface area contributed by atoms with Gasteiger partial charge in [0.1, 0.15) is 12.7 Å². The summed E-state index contributed by atoms with van der Waals surface area (Å²) in [4.78, 5) is 24.2. The molecule has 5 heteroatoms. The van der Waals surface area contributed by atoms with Crippen LogP contribution in [0.25, 0.3) is 0 Å². The summed E-state index contributed by atoms with van der Waals surface area (Å²) in [6, 6.07) is 0. The minimum Gasteiger partial charge on any atom is -0.462 e. The molecule has 4 nitrogen and oxygen atoms in total. The summed E-state index contributed by atoms with van der Waals surface area (Å²) in [5, 5.41) is 1.62. The van der Waals surface area contributed by atoms with Gasteiger partial charge in [0, 0.05) is 12.8 Å². The summed E-state index contributed by atoms with van der Waals surface area (Å²) in [6.07, 6.45) is 33.8. The molecule has 0 saturated heterocycles. The number of carbonyl (C=O) groups excluding carboxylic acids is 2. The summed E-state index contributed by atoms with van der Waals surface area (Å²) in [7, 11) is 0. The fourth-order valence-corrected chi connectivity index (χ4v) is 5.41. The van der Waals surface area contributed by atoms with E-state index in [0.717, 1.165) is 25.7 Å². The van der Waals surface area contributed by atoms with E-state index in [1.165, 1.54) is 141 Å². The van der Waals surface area contributed by atoms with Crippen molar-refractivity contribution in [3.05, 3.63) is 5.33 Å². The van der Waals surface area contributed by atoms with Crippen LogP contribution in [-0.4, -0.2) is 24.6 Å². The number of ether oxygens (including phenoxy) is 2. The molecule has 1 radical (unpaired) electrons. The first-order chi connectivity index (χ1) is 19.6. The molecular formula is C35H66BrO4. The highest BCUT2D eigenvalue weighted by Gasteiger charge is 2.16. The highest BCUT2D eigenvalue weighted by molar-refractivity contribution is 9.10. The van der Waals surface area contributed by atoms with Gasteiger partial charge in [-0.1, -0.05) is 184 Å². The molecule has 1 atom stereocenters. The second-order valence-corrected chi connectivity index (χ2v) is 12.4. The summed E-state index contributed by atoms with van der Waals surface area (Å²) in [6.45, 7) is 4.62. The van der Waals surface area contributed by atoms with Gasteiger partial charge in [-0.3, -0.25) is 9.59 Å². The first-order valence-electron chi connectivity index (χ1n) is 17.4. The van der Waals surface area contributed by atoms with E-state index in [4.69, 9.17) is 9.47 Å². The largest absolute Gasteiger partial charge is 0.462 e. The molecular weight excluding hydrogens is 564 g/mol. The molecule has 0 aromatic carbocycles. The van der Waals surface area contributed by atoms with Crippen LogP contribution in [0.1, 0.15) is 194 Å². The first kappa shape index (κ1) is 39.4. The van der Waals surface area contributed by atoms with E-state index in [1.807, 2.05) is 0 Å². The molecule has 1 unspecified atom stereocenters. The van der Waals surface area contributed by atoms with Gasteiger partial charge in [-0.15, -0.1) is 0 Å². The molecule has 0 heterocycles. The monoisotopic (exact) mass is 629 g/mol. The Bertz CT molecular complexity index is 539. The average Bonchev–Trinajstić information content (AvgIpc) is 2.96. The van der Waals surface area contributed by atoms with Crippen LogP contribution in [0.4, 0.5) is 0 Å². The molecule has 0 N–H and O–H groups in total. The molecule has 0 aliphatic rings. The van der Waals surface area contributed by atoms with Crippen molar-refractivity contribution in [2.24, 2.45) is 0 Å². The fourth-order valence-electron chi connectivity index (χ4n) is 5.15. The molecule has 237 valence electrons. The minimum absolute atomic E-state index is 0.0902. The van der Waals surface area contributed by atoms with Crippen LogP contribution in [0.15, 0.2) is 0 Å². The second-order valence-electron chi connectivity index (χ2n) is 11.8. The van der Waals surface area contributed by atoms with Crippen LogP contribution in [0, 0.1) is 5.33 Å². The lowest BCUT2D eigenvalue weighted by Gasteiger charge is -2.15. The Morgan fingerprint density at radius 3 is 1.12 bits per heavy atom. The third-order valence-corrected chi connectivity index (χ3v) is 8.39. The van der Waals surface area contributed by atoms with Gasteiger partial charge in [0.25, 0.3) is 0 Å². The zero-order chi connectivity index (χ0) is 29.4. The first-order valence-corrected chi connectivity index (χ1v) is 18.3. The molecule has 0 saturated carbocycles. The van der Waals surface area contributed by atoms with E-state index < -0.39 is 6.10 Å². The lowest BCUT2D eigenvalue weighted by atomic mass is 10.0. The maximum Gasteiger partial charge on any atom is 0.306 e. The Balaban J connectivity index is 3.53. The van der Waals surface area contributed by atoms with E-state index in [-0.39, 0.29) is 18.5 Å². The third-order valence-electron chi connectivity index (χ3n) is 7.80. The summed E-state index contributed by atoms with van der Waals surface area (Å²) >= 11 is 3.26. The Hall–Kier alpha value is -0.580. The Kier molecular flexibility index (Phi) is 32.5. The molecule has 0 aromatic heterocycles. The lowest BCUT2D eigenvalue weighted by Crippen LogP contribution is -2.24. The van der Waals surface area contributed by atoms with Gasteiger partial charge in [-0.2, -0.15) is 0 Å². The summed E-state index contributed by atoms with van der Waals surface area (Å²) in [5.41, 5.74) is 0. The number of hydrogen-bond acceptors (Lipinski definition) is 4. The van der Waals surface area contributed by atoms with Crippen LogP contribution in [0.2, 0.25) is 0 Å². The highest BCUT2D eigenvalue weighted by Crippen LogP contribution is 2.15. The summed E-state index contributed by atoms with van der Waals surface area (Å²) < 4.78 is 10.8. The predicted octanol–water partition coefficient (Wildman–Crippen LogP) is 12.0. The molecule has 0 aliphatic carbocycles. The van der Waals surface area contributed by atoms with Gasteiger partial charge >= 0.3 is 11.9 Å². The molecule has 0 aromatic rings. The number of hydrogen-bond donors (Lipinski definition) is 0. The SMILES string of the molecule is CCCCCCCCCCCCCCCC(=O)OCC([CH]Br)OC(=O)CCCCCCCCCCCCCCC. The van der Waals surface area contributed by atoms with Crippen molar-refractivity contribution in [2.45, 2.75) is 200 Å². The van der Waals surface area contributed by atoms with Gasteiger partial charge in [0.05, 0.1) is 5.33 Å². The van der Waals surface area contributed by atoms with Crippen LogP contribution in [0.5, 0.6) is 0 Å². The van der Waals surface area contributed by atoms with E-state index in [1.54, 1.807) is 5.33 Å². The predicted molar refractivity (Wildman–Crippen MR) is 175 cm³/mol. The fraction of sp³-hybridized carbons (Fsp3) is 0.914. The molecule has 0 aliphatic heterocycles. The van der Waals surface area contributed by atoms with Crippen LogP contribution >= 0.6 is 15.9 Å². The van der Waals surface area contributed by atoms with Crippen molar-refractivity contribution in [1.29, 1.82) is 0 Å². The molecule has 0 bridgehead atoms. The van der Waals surface area contributed by atoms with Crippen molar-refractivity contribution in [3.63, 3.8) is 0 Å². The number of unbranched alkanes of at least 4 members (excludes halogenated alkanes) is 24. The number of rotatable bonds is 32. The van der Waals surface area contributed by atoms with Crippen LogP contribution in [0.3, 0.4) is 0 Å². The lowest BCUT2D eigenvalue weighted by molar-refractivity contribution is -0.156. The molecule has 0 fully saturated rings. The quantitative estimate of drug-likeness (QED) is 0.0548. The Morgan fingerprint density at radius 1 is 0.500 bits per heavy atom. The highest BCUT2D eigenvalue weighted by atomic mass is 79.9. The molecule has 0 spiro atoms. The summed E-state index contributed by atoms with van der Waals surface area (Å²) in [5.74, 6) is -0.411. The van der Waals surface area contributed by atoms with Gasteiger partial charge < -0.3 is 9.47 Å². The van der Waals surface area contributed by atoms with Crippen molar-refractivity contribution in [3.8, 4) is 0 Å². The smallest absolute Gasteiger partial charge is 0.306 e. The van der Waals surface area contributed by atoms with E-state index in [0.29, 0.717) is 12.8 Å².